The van der Waals surface area contributed by atoms with Crippen LogP contribution in [0.25, 0.3) is 0 Å². The van der Waals surface area contributed by atoms with Gasteiger partial charge in [0, 0.05) is 13.1 Å². The maximum atomic E-state index is 14.1. The maximum absolute atomic E-state index is 14.1. The number of carbonyl (C=O) groups excluding carboxylic acids is 2. The Morgan fingerprint density at radius 2 is 1.60 bits per heavy atom. The molecule has 3 rings (SSSR count). The molecule has 1 atom stereocenters. The molecule has 0 aliphatic carbocycles. The zero-order chi connectivity index (χ0) is 30.9. The summed E-state index contributed by atoms with van der Waals surface area (Å²) in [4.78, 5) is 28.8. The van der Waals surface area contributed by atoms with E-state index in [0.717, 1.165) is 4.31 Å². The monoisotopic (exact) mass is 633 g/mol. The molecule has 0 spiro atoms. The quantitative estimate of drug-likeness (QED) is 0.229. The molecule has 0 bridgehead atoms. The van der Waals surface area contributed by atoms with Gasteiger partial charge >= 0.3 is 0 Å². The number of ether oxygens (including phenoxy) is 1. The van der Waals surface area contributed by atoms with Gasteiger partial charge in [0.25, 0.3) is 10.0 Å². The van der Waals surface area contributed by atoms with E-state index < -0.39 is 28.5 Å². The first-order valence-corrected chi connectivity index (χ1v) is 16.0. The first-order valence-electron chi connectivity index (χ1n) is 13.8. The predicted molar refractivity (Wildman–Crippen MR) is 168 cm³/mol. The summed E-state index contributed by atoms with van der Waals surface area (Å²) in [7, 11) is -4.18. The fourth-order valence-electron chi connectivity index (χ4n) is 4.30. The second-order valence-corrected chi connectivity index (χ2v) is 12.8. The largest absolute Gasteiger partial charge is 0.494 e. The smallest absolute Gasteiger partial charge is 0.264 e. The number of anilines is 1. The van der Waals surface area contributed by atoms with E-state index in [1.807, 2.05) is 20.8 Å². The van der Waals surface area contributed by atoms with Gasteiger partial charge < -0.3 is 15.0 Å². The van der Waals surface area contributed by atoms with Crippen LogP contribution in [0, 0.1) is 5.92 Å². The van der Waals surface area contributed by atoms with Crippen LogP contribution in [-0.2, 0) is 26.2 Å². The third-order valence-electron chi connectivity index (χ3n) is 6.45. The minimum Gasteiger partial charge on any atom is -0.494 e. The van der Waals surface area contributed by atoms with Crippen LogP contribution in [0.2, 0.25) is 10.0 Å². The van der Waals surface area contributed by atoms with Crippen molar-refractivity contribution in [2.45, 2.75) is 51.6 Å². The van der Waals surface area contributed by atoms with Crippen molar-refractivity contribution < 1.29 is 22.7 Å². The number of halogens is 2. The first-order chi connectivity index (χ1) is 20.0. The van der Waals surface area contributed by atoms with Crippen LogP contribution in [0.3, 0.4) is 0 Å². The second-order valence-electron chi connectivity index (χ2n) is 10.1. The van der Waals surface area contributed by atoms with E-state index >= 15 is 0 Å². The topological polar surface area (TPSA) is 96.0 Å². The Bertz CT molecular complexity index is 1450. The van der Waals surface area contributed by atoms with Crippen LogP contribution in [-0.4, -0.2) is 50.9 Å². The lowest BCUT2D eigenvalue weighted by atomic mass is 10.1. The summed E-state index contributed by atoms with van der Waals surface area (Å²) >= 11 is 12.4. The van der Waals surface area contributed by atoms with Crippen molar-refractivity contribution in [2.75, 3.05) is 24.0 Å². The second kappa shape index (κ2) is 15.3. The molecule has 0 aromatic heterocycles. The van der Waals surface area contributed by atoms with Crippen LogP contribution >= 0.6 is 23.2 Å². The van der Waals surface area contributed by atoms with Crippen molar-refractivity contribution in [1.29, 1.82) is 0 Å². The highest BCUT2D eigenvalue weighted by atomic mass is 35.5. The molecular weight excluding hydrogens is 597 g/mol. The number of rotatable bonds is 14. The standard InChI is InChI=1S/C31H37Cl2N3O5S/c1-5-29(31(38)34-19-22(3)4)35(20-23-12-17-27(32)28(33)18-23)30(37)21-36(24-10-8-7-9-11-24)42(39,40)26-15-13-25(14-16-26)41-6-2/h7-18,22,29H,5-6,19-21H2,1-4H3,(H,34,38)/t29-/m1/s1. The first kappa shape index (κ1) is 33.2. The number of amides is 2. The Morgan fingerprint density at radius 1 is 0.929 bits per heavy atom. The highest BCUT2D eigenvalue weighted by Crippen LogP contribution is 2.27. The zero-order valence-electron chi connectivity index (χ0n) is 24.2. The lowest BCUT2D eigenvalue weighted by Gasteiger charge is -2.33. The third-order valence-corrected chi connectivity index (χ3v) is 8.98. The van der Waals surface area contributed by atoms with Crippen LogP contribution in [0.1, 0.15) is 39.7 Å². The molecule has 0 radical (unpaired) electrons. The fraction of sp³-hybridized carbons (Fsp3) is 0.355. The molecular formula is C31H37Cl2N3O5S. The summed E-state index contributed by atoms with van der Waals surface area (Å²) in [5.74, 6) is -0.130. The normalized spacial score (nSPS) is 12.1. The maximum Gasteiger partial charge on any atom is 0.264 e. The minimum absolute atomic E-state index is 0.000331. The number of para-hydroxylation sites is 1. The van der Waals surface area contributed by atoms with Crippen LogP contribution in [0.15, 0.2) is 77.7 Å². The molecule has 8 nitrogen and oxygen atoms in total. The molecule has 0 saturated heterocycles. The molecule has 3 aromatic carbocycles. The van der Waals surface area contributed by atoms with Gasteiger partial charge in [0.15, 0.2) is 0 Å². The molecule has 2 amide bonds. The number of benzene rings is 3. The van der Waals surface area contributed by atoms with Gasteiger partial charge in [-0.25, -0.2) is 8.42 Å². The van der Waals surface area contributed by atoms with Crippen molar-refractivity contribution in [2.24, 2.45) is 5.92 Å². The molecule has 3 aromatic rings. The van der Waals surface area contributed by atoms with E-state index in [1.54, 1.807) is 67.6 Å². The molecule has 0 aliphatic heterocycles. The van der Waals surface area contributed by atoms with E-state index in [9.17, 15) is 18.0 Å². The van der Waals surface area contributed by atoms with E-state index in [1.165, 1.54) is 17.0 Å². The van der Waals surface area contributed by atoms with E-state index in [0.29, 0.717) is 46.6 Å². The molecule has 42 heavy (non-hydrogen) atoms. The molecule has 0 heterocycles. The molecule has 1 N–H and O–H groups in total. The molecule has 11 heteroatoms. The van der Waals surface area contributed by atoms with E-state index in [2.05, 4.69) is 5.32 Å². The van der Waals surface area contributed by atoms with Crippen molar-refractivity contribution in [1.82, 2.24) is 10.2 Å². The Balaban J connectivity index is 2.03. The predicted octanol–water partition coefficient (Wildman–Crippen LogP) is 6.17. The van der Waals surface area contributed by atoms with Crippen LogP contribution < -0.4 is 14.4 Å². The number of hydrogen-bond donors (Lipinski definition) is 1. The van der Waals surface area contributed by atoms with Gasteiger partial charge in [0.2, 0.25) is 11.8 Å². The van der Waals surface area contributed by atoms with E-state index in [4.69, 9.17) is 27.9 Å². The van der Waals surface area contributed by atoms with Gasteiger partial charge in [0.05, 0.1) is 27.2 Å². The van der Waals surface area contributed by atoms with Gasteiger partial charge in [-0.2, -0.15) is 0 Å². The summed E-state index contributed by atoms with van der Waals surface area (Å²) in [5.41, 5.74) is 0.958. The molecule has 0 aliphatic rings. The summed E-state index contributed by atoms with van der Waals surface area (Å²) in [6, 6.07) is 18.6. The lowest BCUT2D eigenvalue weighted by molar-refractivity contribution is -0.140. The van der Waals surface area contributed by atoms with Crippen LogP contribution in [0.5, 0.6) is 5.75 Å². The van der Waals surface area contributed by atoms with Crippen molar-refractivity contribution in [3.05, 3.63) is 88.4 Å². The lowest BCUT2D eigenvalue weighted by Crippen LogP contribution is -2.52. The highest BCUT2D eigenvalue weighted by Gasteiger charge is 2.33. The van der Waals surface area contributed by atoms with Gasteiger partial charge in [-0.15, -0.1) is 0 Å². The summed E-state index contributed by atoms with van der Waals surface area (Å²) in [6.07, 6.45) is 0.313. The average Bonchev–Trinajstić information content (AvgIpc) is 2.97. The zero-order valence-corrected chi connectivity index (χ0v) is 26.5. The van der Waals surface area contributed by atoms with Gasteiger partial charge in [0.1, 0.15) is 18.3 Å². The van der Waals surface area contributed by atoms with Crippen molar-refractivity contribution in [3.8, 4) is 5.75 Å². The Kier molecular flexibility index (Phi) is 12.1. The van der Waals surface area contributed by atoms with Crippen LogP contribution in [0.4, 0.5) is 5.69 Å². The third kappa shape index (κ3) is 8.63. The van der Waals surface area contributed by atoms with Gasteiger partial charge in [-0.05, 0) is 73.4 Å². The van der Waals surface area contributed by atoms with Gasteiger partial charge in [-0.3, -0.25) is 13.9 Å². The Labute approximate surface area is 258 Å². The molecule has 226 valence electrons. The summed E-state index contributed by atoms with van der Waals surface area (Å²) in [5, 5.41) is 3.57. The highest BCUT2D eigenvalue weighted by molar-refractivity contribution is 7.92. The number of sulfonamides is 1. The Hall–Kier alpha value is -3.27. The van der Waals surface area contributed by atoms with Crippen molar-refractivity contribution >= 4 is 50.7 Å². The number of nitrogens with zero attached hydrogens (tertiary/aromatic N) is 2. The molecule has 0 unspecified atom stereocenters. The van der Waals surface area contributed by atoms with E-state index in [-0.39, 0.29) is 23.3 Å². The Morgan fingerprint density at radius 3 is 2.17 bits per heavy atom. The number of carbonyl (C=O) groups is 2. The number of nitrogens with one attached hydrogen (secondary N) is 1. The fourth-order valence-corrected chi connectivity index (χ4v) is 6.04. The van der Waals surface area contributed by atoms with Gasteiger partial charge in [-0.1, -0.05) is 68.2 Å². The molecule has 0 fully saturated rings. The SMILES string of the molecule is CCOc1ccc(S(=O)(=O)N(CC(=O)N(Cc2ccc(Cl)c(Cl)c2)[C@H](CC)C(=O)NCC(C)C)c2ccccc2)cc1. The molecule has 0 saturated carbocycles. The number of hydrogen-bond acceptors (Lipinski definition) is 5. The summed E-state index contributed by atoms with van der Waals surface area (Å²) < 4.78 is 34.4. The summed E-state index contributed by atoms with van der Waals surface area (Å²) in [6.45, 7) is 7.96. The average molecular weight is 635 g/mol. The van der Waals surface area contributed by atoms with Crippen molar-refractivity contribution in [3.63, 3.8) is 0 Å². The minimum atomic E-state index is -4.18.